The van der Waals surface area contributed by atoms with E-state index in [2.05, 4.69) is 17.3 Å². The molecule has 1 aromatic heterocycles. The highest BCUT2D eigenvalue weighted by atomic mass is 16.6. The van der Waals surface area contributed by atoms with Crippen LogP contribution in [0.25, 0.3) is 0 Å². The van der Waals surface area contributed by atoms with E-state index < -0.39 is 0 Å². The van der Waals surface area contributed by atoms with Gasteiger partial charge in [0.05, 0.1) is 4.92 Å². The first-order chi connectivity index (χ1) is 9.00. The van der Waals surface area contributed by atoms with Gasteiger partial charge in [0.25, 0.3) is 0 Å². The normalized spacial score (nSPS) is 23.3. The molecule has 6 heteroatoms. The minimum absolute atomic E-state index is 0.103. The van der Waals surface area contributed by atoms with E-state index in [0.29, 0.717) is 23.3 Å². The van der Waals surface area contributed by atoms with Crippen molar-refractivity contribution in [3.63, 3.8) is 0 Å². The first-order valence-corrected chi connectivity index (χ1v) is 6.92. The van der Waals surface area contributed by atoms with Gasteiger partial charge in [0.15, 0.2) is 0 Å². The smallest absolute Gasteiger partial charge is 0.333 e. The Balaban J connectivity index is 2.08. The van der Waals surface area contributed by atoms with Crippen LogP contribution >= 0.6 is 0 Å². The van der Waals surface area contributed by atoms with E-state index in [-0.39, 0.29) is 10.6 Å². The summed E-state index contributed by atoms with van der Waals surface area (Å²) in [5.74, 6) is 1.82. The molecule has 1 N–H and O–H groups in total. The largest absolute Gasteiger partial charge is 0.364 e. The Morgan fingerprint density at radius 3 is 2.79 bits per heavy atom. The Hall–Kier alpha value is -1.59. The first-order valence-electron chi connectivity index (χ1n) is 6.92. The molecule has 0 radical (unpaired) electrons. The SMILES string of the molecule is Cc1nn(C)c(NCC2CCCCC2C)c1[N+](=O)[O-]. The van der Waals surface area contributed by atoms with Crippen molar-refractivity contribution in [2.24, 2.45) is 18.9 Å². The van der Waals surface area contributed by atoms with Crippen LogP contribution in [0.1, 0.15) is 38.3 Å². The fourth-order valence-electron chi connectivity index (χ4n) is 2.99. The number of aryl methyl sites for hydroxylation is 2. The van der Waals surface area contributed by atoms with Crippen LogP contribution < -0.4 is 5.32 Å². The van der Waals surface area contributed by atoms with Crippen LogP contribution in [0, 0.1) is 28.9 Å². The second-order valence-corrected chi connectivity index (χ2v) is 5.57. The summed E-state index contributed by atoms with van der Waals surface area (Å²) in [6, 6.07) is 0. The number of aromatic nitrogens is 2. The van der Waals surface area contributed by atoms with Crippen molar-refractivity contribution in [2.75, 3.05) is 11.9 Å². The number of hydrogen-bond donors (Lipinski definition) is 1. The maximum absolute atomic E-state index is 11.1. The van der Waals surface area contributed by atoms with Crippen LogP contribution in [0.2, 0.25) is 0 Å². The van der Waals surface area contributed by atoms with Crippen LogP contribution in [0.15, 0.2) is 0 Å². The number of nitrogens with one attached hydrogen (secondary N) is 1. The van der Waals surface area contributed by atoms with Gasteiger partial charge in [0, 0.05) is 13.6 Å². The van der Waals surface area contributed by atoms with Crippen molar-refractivity contribution < 1.29 is 4.92 Å². The highest BCUT2D eigenvalue weighted by Gasteiger charge is 2.26. The van der Waals surface area contributed by atoms with Gasteiger partial charge in [0.2, 0.25) is 5.82 Å². The van der Waals surface area contributed by atoms with Crippen molar-refractivity contribution >= 4 is 11.5 Å². The lowest BCUT2D eigenvalue weighted by atomic mass is 9.80. The lowest BCUT2D eigenvalue weighted by molar-refractivity contribution is -0.384. The van der Waals surface area contributed by atoms with Crippen LogP contribution in [-0.4, -0.2) is 21.2 Å². The van der Waals surface area contributed by atoms with Crippen molar-refractivity contribution in [3.05, 3.63) is 15.8 Å². The van der Waals surface area contributed by atoms with Gasteiger partial charge in [-0.15, -0.1) is 0 Å². The molecule has 2 unspecified atom stereocenters. The summed E-state index contributed by atoms with van der Waals surface area (Å²) in [6.45, 7) is 4.74. The maximum Gasteiger partial charge on any atom is 0.333 e. The van der Waals surface area contributed by atoms with Gasteiger partial charge in [-0.25, -0.2) is 4.68 Å². The summed E-state index contributed by atoms with van der Waals surface area (Å²) in [4.78, 5) is 10.7. The minimum atomic E-state index is -0.352. The van der Waals surface area contributed by atoms with E-state index in [1.54, 1.807) is 18.7 Å². The predicted octanol–water partition coefficient (Wildman–Crippen LogP) is 2.87. The molecule has 19 heavy (non-hydrogen) atoms. The Bertz CT molecular complexity index is 469. The average molecular weight is 266 g/mol. The second kappa shape index (κ2) is 5.59. The standard InChI is InChI=1S/C13H22N4O2/c1-9-6-4-5-7-11(9)8-14-13-12(17(18)19)10(2)15-16(13)3/h9,11,14H,4-8H2,1-3H3. The van der Waals surface area contributed by atoms with Crippen molar-refractivity contribution in [1.82, 2.24) is 9.78 Å². The summed E-state index contributed by atoms with van der Waals surface area (Å²) in [5.41, 5.74) is 0.567. The van der Waals surface area contributed by atoms with Crippen molar-refractivity contribution in [3.8, 4) is 0 Å². The molecule has 1 aromatic rings. The van der Waals surface area contributed by atoms with E-state index in [9.17, 15) is 10.1 Å². The molecule has 1 saturated carbocycles. The molecule has 2 rings (SSSR count). The molecule has 6 nitrogen and oxygen atoms in total. The van der Waals surface area contributed by atoms with Crippen molar-refractivity contribution in [1.29, 1.82) is 0 Å². The highest BCUT2D eigenvalue weighted by molar-refractivity contribution is 5.59. The van der Waals surface area contributed by atoms with E-state index in [4.69, 9.17) is 0 Å². The van der Waals surface area contributed by atoms with Gasteiger partial charge < -0.3 is 5.32 Å². The van der Waals surface area contributed by atoms with Gasteiger partial charge in [-0.2, -0.15) is 5.10 Å². The molecular weight excluding hydrogens is 244 g/mol. The summed E-state index contributed by atoms with van der Waals surface area (Å²) in [5, 5.41) is 18.5. The van der Waals surface area contributed by atoms with Gasteiger partial charge >= 0.3 is 5.69 Å². The zero-order chi connectivity index (χ0) is 14.0. The molecule has 0 amide bonds. The molecule has 1 heterocycles. The zero-order valence-corrected chi connectivity index (χ0v) is 11.8. The third-order valence-electron chi connectivity index (χ3n) is 4.19. The second-order valence-electron chi connectivity index (χ2n) is 5.57. The highest BCUT2D eigenvalue weighted by Crippen LogP contribution is 2.32. The van der Waals surface area contributed by atoms with Crippen LogP contribution in [0.5, 0.6) is 0 Å². The third-order valence-corrected chi connectivity index (χ3v) is 4.19. The third kappa shape index (κ3) is 2.88. The van der Waals surface area contributed by atoms with Crippen LogP contribution in [-0.2, 0) is 7.05 Å². The molecule has 0 bridgehead atoms. The Morgan fingerprint density at radius 1 is 1.47 bits per heavy atom. The predicted molar refractivity (Wildman–Crippen MR) is 74.2 cm³/mol. The quantitative estimate of drug-likeness (QED) is 0.671. The Kier molecular flexibility index (Phi) is 4.07. The molecule has 0 spiro atoms. The number of nitro groups is 1. The van der Waals surface area contributed by atoms with Crippen LogP contribution in [0.3, 0.4) is 0 Å². The fourth-order valence-corrected chi connectivity index (χ4v) is 2.99. The number of rotatable bonds is 4. The number of anilines is 1. The Labute approximate surface area is 113 Å². The fraction of sp³-hybridized carbons (Fsp3) is 0.769. The molecule has 1 fully saturated rings. The molecule has 1 aliphatic carbocycles. The topological polar surface area (TPSA) is 73.0 Å². The van der Waals surface area contributed by atoms with Crippen molar-refractivity contribution in [2.45, 2.75) is 39.5 Å². The van der Waals surface area contributed by atoms with E-state index in [0.717, 1.165) is 6.54 Å². The average Bonchev–Trinajstić information content (AvgIpc) is 2.63. The molecule has 0 aliphatic heterocycles. The molecule has 0 saturated heterocycles. The van der Waals surface area contributed by atoms with E-state index in [1.165, 1.54) is 25.7 Å². The van der Waals surface area contributed by atoms with Gasteiger partial charge in [-0.05, 0) is 25.2 Å². The molecule has 106 valence electrons. The van der Waals surface area contributed by atoms with Gasteiger partial charge in [-0.3, -0.25) is 10.1 Å². The molecule has 2 atom stereocenters. The number of hydrogen-bond acceptors (Lipinski definition) is 4. The van der Waals surface area contributed by atoms with E-state index >= 15 is 0 Å². The maximum atomic E-state index is 11.1. The van der Waals surface area contributed by atoms with Gasteiger partial charge in [-0.1, -0.05) is 26.2 Å². The monoisotopic (exact) mass is 266 g/mol. The minimum Gasteiger partial charge on any atom is -0.364 e. The summed E-state index contributed by atoms with van der Waals surface area (Å²) in [6.07, 6.45) is 5.05. The summed E-state index contributed by atoms with van der Waals surface area (Å²) in [7, 11) is 1.74. The molecule has 1 aliphatic rings. The lowest BCUT2D eigenvalue weighted by Gasteiger charge is -2.28. The van der Waals surface area contributed by atoms with Gasteiger partial charge in [0.1, 0.15) is 5.69 Å². The van der Waals surface area contributed by atoms with E-state index in [1.807, 2.05) is 0 Å². The Morgan fingerprint density at radius 2 is 2.16 bits per heavy atom. The summed E-state index contributed by atoms with van der Waals surface area (Å²) >= 11 is 0. The summed E-state index contributed by atoms with van der Waals surface area (Å²) < 4.78 is 1.57. The lowest BCUT2D eigenvalue weighted by Crippen LogP contribution is -2.25. The first kappa shape index (κ1) is 13.8. The van der Waals surface area contributed by atoms with Crippen LogP contribution in [0.4, 0.5) is 11.5 Å². The molecule has 0 aromatic carbocycles. The number of nitrogens with zero attached hydrogens (tertiary/aromatic N) is 3. The molecular formula is C13H22N4O2. The zero-order valence-electron chi connectivity index (χ0n) is 11.8.